The van der Waals surface area contributed by atoms with Crippen molar-refractivity contribution < 1.29 is 14.3 Å². The Morgan fingerprint density at radius 1 is 1.17 bits per heavy atom. The van der Waals surface area contributed by atoms with Crippen LogP contribution in [0.5, 0.6) is 0 Å². The van der Waals surface area contributed by atoms with Gasteiger partial charge in [-0.2, -0.15) is 5.26 Å². The van der Waals surface area contributed by atoms with Crippen molar-refractivity contribution in [3.8, 4) is 6.07 Å². The number of ether oxygens (including phenoxy) is 1. The van der Waals surface area contributed by atoms with Crippen molar-refractivity contribution in [2.75, 3.05) is 11.9 Å². The van der Waals surface area contributed by atoms with E-state index in [0.717, 1.165) is 5.56 Å². The molecule has 5 nitrogen and oxygen atoms in total. The topological polar surface area (TPSA) is 79.2 Å². The molecule has 0 bridgehead atoms. The van der Waals surface area contributed by atoms with E-state index in [1.54, 1.807) is 36.4 Å². The van der Waals surface area contributed by atoms with Crippen molar-refractivity contribution in [3.63, 3.8) is 0 Å². The third kappa shape index (κ3) is 4.68. The summed E-state index contributed by atoms with van der Waals surface area (Å²) < 4.78 is 5.00. The number of carbonyl (C=O) groups excluding carboxylic acids is 2. The Labute approximate surface area is 140 Å². The highest BCUT2D eigenvalue weighted by atomic mass is 16.5. The molecule has 5 heteroatoms. The normalized spacial score (nSPS) is 10.1. The second kappa shape index (κ2) is 7.93. The quantitative estimate of drug-likeness (QED) is 0.855. The van der Waals surface area contributed by atoms with Gasteiger partial charge in [0.2, 0.25) is 0 Å². The van der Waals surface area contributed by atoms with Gasteiger partial charge >= 0.3 is 5.97 Å². The van der Waals surface area contributed by atoms with Crippen LogP contribution >= 0.6 is 0 Å². The molecular formula is C19H18N2O3. The lowest BCUT2D eigenvalue weighted by molar-refractivity contribution is -0.119. The first-order valence-electron chi connectivity index (χ1n) is 7.56. The van der Waals surface area contributed by atoms with Crippen LogP contribution in [0.25, 0.3) is 0 Å². The number of esters is 1. The molecule has 1 N–H and O–H groups in total. The third-order valence-electron chi connectivity index (χ3n) is 3.42. The van der Waals surface area contributed by atoms with E-state index in [2.05, 4.69) is 19.2 Å². The molecule has 0 spiro atoms. The van der Waals surface area contributed by atoms with Crippen LogP contribution < -0.4 is 5.32 Å². The predicted octanol–water partition coefficient (Wildman–Crippen LogP) is 3.48. The highest BCUT2D eigenvalue weighted by Crippen LogP contribution is 2.15. The second-order valence-electron chi connectivity index (χ2n) is 5.59. The number of rotatable bonds is 5. The largest absolute Gasteiger partial charge is 0.452 e. The van der Waals surface area contributed by atoms with Gasteiger partial charge in [-0.05, 0) is 41.8 Å². The maximum atomic E-state index is 11.9. The van der Waals surface area contributed by atoms with Crippen molar-refractivity contribution in [2.45, 2.75) is 19.8 Å². The number of hydrogen-bond acceptors (Lipinski definition) is 4. The minimum atomic E-state index is -0.550. The first-order chi connectivity index (χ1) is 11.5. The van der Waals surface area contributed by atoms with Gasteiger partial charge in [-0.15, -0.1) is 0 Å². The summed E-state index contributed by atoms with van der Waals surface area (Å²) in [6.07, 6.45) is 0. The van der Waals surface area contributed by atoms with Crippen LogP contribution in [0.15, 0.2) is 48.5 Å². The molecule has 0 aliphatic rings. The third-order valence-corrected chi connectivity index (χ3v) is 3.42. The van der Waals surface area contributed by atoms with Crippen molar-refractivity contribution in [1.82, 2.24) is 0 Å². The fourth-order valence-electron chi connectivity index (χ4n) is 2.08. The first-order valence-corrected chi connectivity index (χ1v) is 7.56. The molecule has 2 aromatic rings. The summed E-state index contributed by atoms with van der Waals surface area (Å²) in [6.45, 7) is 3.75. The van der Waals surface area contributed by atoms with Crippen molar-refractivity contribution in [3.05, 3.63) is 65.2 Å². The maximum Gasteiger partial charge on any atom is 0.338 e. The molecule has 2 rings (SSSR count). The lowest BCUT2D eigenvalue weighted by Crippen LogP contribution is -2.21. The highest BCUT2D eigenvalue weighted by molar-refractivity contribution is 5.95. The SMILES string of the molecule is CC(C)c1ccc(C(=O)OCC(=O)Nc2cccc(C#N)c2)cc1. The van der Waals surface area contributed by atoms with Gasteiger partial charge in [0, 0.05) is 5.69 Å². The smallest absolute Gasteiger partial charge is 0.338 e. The highest BCUT2D eigenvalue weighted by Gasteiger charge is 2.11. The lowest BCUT2D eigenvalue weighted by atomic mass is 10.0. The van der Waals surface area contributed by atoms with Crippen molar-refractivity contribution >= 4 is 17.6 Å². The van der Waals surface area contributed by atoms with E-state index in [9.17, 15) is 9.59 Å². The summed E-state index contributed by atoms with van der Waals surface area (Å²) in [4.78, 5) is 23.8. The van der Waals surface area contributed by atoms with Gasteiger partial charge in [-0.3, -0.25) is 4.79 Å². The number of carbonyl (C=O) groups is 2. The molecule has 0 atom stereocenters. The molecule has 0 unspecified atom stereocenters. The Morgan fingerprint density at radius 3 is 2.50 bits per heavy atom. The van der Waals surface area contributed by atoms with Gasteiger partial charge in [0.05, 0.1) is 17.2 Å². The molecule has 2 aromatic carbocycles. The fourth-order valence-corrected chi connectivity index (χ4v) is 2.08. The van der Waals surface area contributed by atoms with E-state index in [1.165, 1.54) is 0 Å². The first kappa shape index (κ1) is 17.2. The van der Waals surface area contributed by atoms with E-state index in [4.69, 9.17) is 10.00 Å². The minimum absolute atomic E-state index is 0.380. The number of hydrogen-bond donors (Lipinski definition) is 1. The number of anilines is 1. The van der Waals surface area contributed by atoms with Gasteiger partial charge in [0.1, 0.15) is 0 Å². The lowest BCUT2D eigenvalue weighted by Gasteiger charge is -2.08. The van der Waals surface area contributed by atoms with Gasteiger partial charge in [0.15, 0.2) is 6.61 Å². The summed E-state index contributed by atoms with van der Waals surface area (Å²) in [5.74, 6) is -0.631. The monoisotopic (exact) mass is 322 g/mol. The molecule has 0 heterocycles. The maximum absolute atomic E-state index is 11.9. The molecule has 0 fully saturated rings. The number of amides is 1. The molecule has 0 aromatic heterocycles. The zero-order chi connectivity index (χ0) is 17.5. The van der Waals surface area contributed by atoms with Crippen LogP contribution in [0.4, 0.5) is 5.69 Å². The van der Waals surface area contributed by atoms with Gasteiger partial charge in [0.25, 0.3) is 5.91 Å². The molecule has 0 saturated carbocycles. The van der Waals surface area contributed by atoms with Crippen molar-refractivity contribution in [2.24, 2.45) is 0 Å². The van der Waals surface area contributed by atoms with Crippen LogP contribution in [0.1, 0.15) is 41.3 Å². The van der Waals surface area contributed by atoms with Crippen molar-refractivity contribution in [1.29, 1.82) is 5.26 Å². The van der Waals surface area contributed by atoms with E-state index in [-0.39, 0.29) is 6.61 Å². The number of nitrogens with zero attached hydrogens (tertiary/aromatic N) is 1. The summed E-state index contributed by atoms with van der Waals surface area (Å²) in [5.41, 5.74) is 2.45. The minimum Gasteiger partial charge on any atom is -0.452 e. The Morgan fingerprint density at radius 2 is 1.88 bits per heavy atom. The Balaban J connectivity index is 1.89. The van der Waals surface area contributed by atoms with Crippen LogP contribution in [-0.4, -0.2) is 18.5 Å². The Kier molecular flexibility index (Phi) is 5.69. The van der Waals surface area contributed by atoms with Gasteiger partial charge < -0.3 is 10.1 Å². The standard InChI is InChI=1S/C19H18N2O3/c1-13(2)15-6-8-16(9-7-15)19(23)24-12-18(22)21-17-5-3-4-14(10-17)11-20/h3-10,13H,12H2,1-2H3,(H,21,22). The summed E-state index contributed by atoms with van der Waals surface area (Å²) in [5, 5.41) is 11.4. The van der Waals surface area contributed by atoms with E-state index >= 15 is 0 Å². The second-order valence-corrected chi connectivity index (χ2v) is 5.59. The average Bonchev–Trinajstić information content (AvgIpc) is 2.60. The Hall–Kier alpha value is -3.13. The van der Waals surface area contributed by atoms with Gasteiger partial charge in [-0.25, -0.2) is 4.79 Å². The summed E-state index contributed by atoms with van der Waals surface area (Å²) in [7, 11) is 0. The van der Waals surface area contributed by atoms with Gasteiger partial charge in [-0.1, -0.05) is 32.0 Å². The predicted molar refractivity (Wildman–Crippen MR) is 90.6 cm³/mol. The molecule has 1 amide bonds. The summed E-state index contributed by atoms with van der Waals surface area (Å²) >= 11 is 0. The molecule has 24 heavy (non-hydrogen) atoms. The number of nitrogens with one attached hydrogen (secondary N) is 1. The Bertz CT molecular complexity index is 774. The average molecular weight is 322 g/mol. The van der Waals surface area contributed by atoms with E-state index in [0.29, 0.717) is 22.7 Å². The van der Waals surface area contributed by atoms with E-state index in [1.807, 2.05) is 18.2 Å². The molecule has 122 valence electrons. The number of benzene rings is 2. The molecule has 0 radical (unpaired) electrons. The summed E-state index contributed by atoms with van der Waals surface area (Å²) in [6, 6.07) is 15.6. The molecular weight excluding hydrogens is 304 g/mol. The fraction of sp³-hybridized carbons (Fsp3) is 0.211. The molecule has 0 saturated heterocycles. The zero-order valence-electron chi connectivity index (χ0n) is 13.6. The molecule has 0 aliphatic heterocycles. The number of nitriles is 1. The molecule has 0 aliphatic carbocycles. The van der Waals surface area contributed by atoms with Crippen LogP contribution in [0, 0.1) is 11.3 Å². The van der Waals surface area contributed by atoms with Crippen LogP contribution in [0.3, 0.4) is 0 Å². The van der Waals surface area contributed by atoms with E-state index < -0.39 is 11.9 Å². The van der Waals surface area contributed by atoms with Crippen LogP contribution in [0.2, 0.25) is 0 Å². The van der Waals surface area contributed by atoms with Crippen LogP contribution in [-0.2, 0) is 9.53 Å². The zero-order valence-corrected chi connectivity index (χ0v) is 13.6.